The van der Waals surface area contributed by atoms with Gasteiger partial charge in [0.2, 0.25) is 0 Å². The van der Waals surface area contributed by atoms with Crippen LogP contribution in [0.15, 0.2) is 72.8 Å². The lowest BCUT2D eigenvalue weighted by atomic mass is 9.77. The van der Waals surface area contributed by atoms with E-state index < -0.39 is 11.6 Å². The topological polar surface area (TPSA) is 81.8 Å². The second kappa shape index (κ2) is 5.29. The van der Waals surface area contributed by atoms with Crippen LogP contribution in [0.4, 0.5) is 5.69 Å². The zero-order chi connectivity index (χ0) is 19.8. The van der Waals surface area contributed by atoms with Crippen molar-refractivity contribution in [2.75, 3.05) is 5.73 Å². The summed E-state index contributed by atoms with van der Waals surface area (Å²) in [5, 5.41) is 11.7. The van der Waals surface area contributed by atoms with Gasteiger partial charge in [-0.3, -0.25) is 0 Å². The standard InChI is InChI=1S/C24H15NO4/c25-19-7-3-4-13-8-10-18-22(21(13)19)28-20-12-14(26)9-11-17(20)24(18)16-6-2-1-5-15(16)23(27)29-24/h1-12,26H,25H2. The van der Waals surface area contributed by atoms with Gasteiger partial charge in [0.1, 0.15) is 17.2 Å². The van der Waals surface area contributed by atoms with Crippen LogP contribution >= 0.6 is 0 Å². The van der Waals surface area contributed by atoms with E-state index in [1.54, 1.807) is 18.2 Å². The number of aromatic hydroxyl groups is 1. The van der Waals surface area contributed by atoms with Crippen LogP contribution in [0.3, 0.4) is 0 Å². The molecule has 4 aromatic carbocycles. The second-order valence-electron chi connectivity index (χ2n) is 7.29. The van der Waals surface area contributed by atoms with E-state index in [0.29, 0.717) is 33.9 Å². The van der Waals surface area contributed by atoms with E-state index in [9.17, 15) is 9.90 Å². The fourth-order valence-corrected chi connectivity index (χ4v) is 4.52. The largest absolute Gasteiger partial charge is 0.508 e. The number of carbonyl (C=O) groups excluding carboxylic acids is 1. The van der Waals surface area contributed by atoms with Crippen molar-refractivity contribution in [1.82, 2.24) is 0 Å². The van der Waals surface area contributed by atoms with Crippen LogP contribution in [0, 0.1) is 0 Å². The third kappa shape index (κ3) is 1.91. The lowest BCUT2D eigenvalue weighted by Crippen LogP contribution is -2.33. The predicted octanol–water partition coefficient (Wildman–Crippen LogP) is 4.70. The minimum Gasteiger partial charge on any atom is -0.508 e. The number of hydrogen-bond acceptors (Lipinski definition) is 5. The van der Waals surface area contributed by atoms with Gasteiger partial charge in [0, 0.05) is 33.8 Å². The molecule has 0 aromatic heterocycles. The third-order valence-electron chi connectivity index (χ3n) is 5.74. The molecule has 140 valence electrons. The van der Waals surface area contributed by atoms with Crippen LogP contribution in [-0.2, 0) is 10.3 Å². The highest BCUT2D eigenvalue weighted by Gasteiger charge is 2.53. The molecule has 3 N–H and O–H groups in total. The Morgan fingerprint density at radius 2 is 1.69 bits per heavy atom. The molecule has 1 atom stereocenters. The quantitative estimate of drug-likeness (QED) is 0.341. The zero-order valence-corrected chi connectivity index (χ0v) is 15.2. The summed E-state index contributed by atoms with van der Waals surface area (Å²) in [7, 11) is 0. The van der Waals surface area contributed by atoms with Gasteiger partial charge in [-0.05, 0) is 35.7 Å². The van der Waals surface area contributed by atoms with Crippen LogP contribution in [0.1, 0.15) is 27.0 Å². The summed E-state index contributed by atoms with van der Waals surface area (Å²) < 4.78 is 12.4. The molecule has 29 heavy (non-hydrogen) atoms. The first kappa shape index (κ1) is 16.0. The number of rotatable bonds is 0. The number of nitrogen functional groups attached to an aromatic ring is 1. The Morgan fingerprint density at radius 3 is 2.59 bits per heavy atom. The average molecular weight is 381 g/mol. The Bertz CT molecular complexity index is 1360. The van der Waals surface area contributed by atoms with Crippen molar-refractivity contribution < 1.29 is 19.4 Å². The molecule has 0 bridgehead atoms. The molecule has 0 aliphatic carbocycles. The van der Waals surface area contributed by atoms with Crippen molar-refractivity contribution >= 4 is 22.4 Å². The first-order chi connectivity index (χ1) is 14.1. The monoisotopic (exact) mass is 381 g/mol. The first-order valence-corrected chi connectivity index (χ1v) is 9.25. The van der Waals surface area contributed by atoms with Gasteiger partial charge in [0.05, 0.1) is 5.56 Å². The van der Waals surface area contributed by atoms with Crippen molar-refractivity contribution in [2.24, 2.45) is 0 Å². The number of hydrogen-bond donors (Lipinski definition) is 2. The number of fused-ring (bicyclic) bond motifs is 8. The molecule has 5 nitrogen and oxygen atoms in total. The highest BCUT2D eigenvalue weighted by molar-refractivity contribution is 6.02. The molecule has 0 fully saturated rings. The number of benzene rings is 4. The Morgan fingerprint density at radius 1 is 0.862 bits per heavy atom. The van der Waals surface area contributed by atoms with E-state index in [1.807, 2.05) is 48.5 Å². The SMILES string of the molecule is Nc1cccc2ccc3c(c12)Oc1cc(O)ccc1C31OC(=O)c2ccccc21. The number of carbonyl (C=O) groups is 1. The van der Waals surface area contributed by atoms with Crippen molar-refractivity contribution in [3.8, 4) is 17.2 Å². The molecule has 0 radical (unpaired) electrons. The van der Waals surface area contributed by atoms with E-state index >= 15 is 0 Å². The molecular weight excluding hydrogens is 366 g/mol. The number of phenols is 1. The molecule has 0 saturated carbocycles. The van der Waals surface area contributed by atoms with E-state index in [2.05, 4.69) is 0 Å². The summed E-state index contributed by atoms with van der Waals surface area (Å²) in [6.07, 6.45) is 0. The molecule has 6 rings (SSSR count). The molecule has 2 heterocycles. The summed E-state index contributed by atoms with van der Waals surface area (Å²) in [6, 6.07) is 21.7. The molecular formula is C24H15NO4. The number of esters is 1. The summed E-state index contributed by atoms with van der Waals surface area (Å²) in [5.74, 6) is 0.628. The van der Waals surface area contributed by atoms with E-state index in [4.69, 9.17) is 15.2 Å². The first-order valence-electron chi connectivity index (χ1n) is 9.25. The fourth-order valence-electron chi connectivity index (χ4n) is 4.52. The van der Waals surface area contributed by atoms with Gasteiger partial charge in [0.25, 0.3) is 0 Å². The summed E-state index contributed by atoms with van der Waals surface area (Å²) in [6.45, 7) is 0. The minimum atomic E-state index is -1.17. The van der Waals surface area contributed by atoms with Gasteiger partial charge in [-0.2, -0.15) is 0 Å². The van der Waals surface area contributed by atoms with Gasteiger partial charge >= 0.3 is 5.97 Å². The van der Waals surface area contributed by atoms with Crippen molar-refractivity contribution in [1.29, 1.82) is 0 Å². The fraction of sp³-hybridized carbons (Fsp3) is 0.0417. The summed E-state index contributed by atoms with van der Waals surface area (Å²) >= 11 is 0. The van der Waals surface area contributed by atoms with E-state index in [-0.39, 0.29) is 5.75 Å². The number of ether oxygens (including phenoxy) is 2. The lowest BCUT2D eigenvalue weighted by Gasteiger charge is -2.37. The smallest absolute Gasteiger partial charge is 0.340 e. The van der Waals surface area contributed by atoms with Gasteiger partial charge in [-0.1, -0.05) is 36.4 Å². The molecule has 1 spiro atoms. The van der Waals surface area contributed by atoms with Crippen LogP contribution < -0.4 is 10.5 Å². The molecule has 1 unspecified atom stereocenters. The van der Waals surface area contributed by atoms with E-state index in [1.165, 1.54) is 6.07 Å². The van der Waals surface area contributed by atoms with Crippen molar-refractivity contribution in [3.05, 3.63) is 95.1 Å². The molecule has 2 aliphatic heterocycles. The number of phenolic OH excluding ortho intramolecular Hbond substituents is 1. The second-order valence-corrected chi connectivity index (χ2v) is 7.29. The van der Waals surface area contributed by atoms with Crippen molar-refractivity contribution in [3.63, 3.8) is 0 Å². The van der Waals surface area contributed by atoms with E-state index in [0.717, 1.165) is 16.3 Å². The molecule has 0 amide bonds. The molecule has 5 heteroatoms. The third-order valence-corrected chi connectivity index (χ3v) is 5.74. The van der Waals surface area contributed by atoms with Gasteiger partial charge < -0.3 is 20.3 Å². The maximum absolute atomic E-state index is 12.8. The highest BCUT2D eigenvalue weighted by Crippen LogP contribution is 2.58. The van der Waals surface area contributed by atoms with Crippen molar-refractivity contribution in [2.45, 2.75) is 5.60 Å². The van der Waals surface area contributed by atoms with Gasteiger partial charge in [-0.15, -0.1) is 0 Å². The Labute approximate surface area is 165 Å². The number of nitrogens with two attached hydrogens (primary N) is 1. The maximum atomic E-state index is 12.8. The van der Waals surface area contributed by atoms with Gasteiger partial charge in [-0.25, -0.2) is 4.79 Å². The highest BCUT2D eigenvalue weighted by atomic mass is 16.6. The average Bonchev–Trinajstić information content (AvgIpc) is 3.01. The lowest BCUT2D eigenvalue weighted by molar-refractivity contribution is 0.0225. The molecule has 2 aliphatic rings. The predicted molar refractivity (Wildman–Crippen MR) is 108 cm³/mol. The Balaban J connectivity index is 1.80. The minimum absolute atomic E-state index is 0.0631. The normalized spacial score (nSPS) is 18.7. The summed E-state index contributed by atoms with van der Waals surface area (Å²) in [5.41, 5.74) is 8.33. The maximum Gasteiger partial charge on any atom is 0.340 e. The zero-order valence-electron chi connectivity index (χ0n) is 15.2. The summed E-state index contributed by atoms with van der Waals surface area (Å²) in [4.78, 5) is 12.8. The Kier molecular flexibility index (Phi) is 2.92. The van der Waals surface area contributed by atoms with Crippen LogP contribution in [-0.4, -0.2) is 11.1 Å². The van der Waals surface area contributed by atoms with Gasteiger partial charge in [0.15, 0.2) is 5.60 Å². The van der Waals surface area contributed by atoms with Crippen LogP contribution in [0.5, 0.6) is 17.2 Å². The molecule has 0 saturated heterocycles. The van der Waals surface area contributed by atoms with Crippen LogP contribution in [0.2, 0.25) is 0 Å². The number of anilines is 1. The van der Waals surface area contributed by atoms with Crippen LogP contribution in [0.25, 0.3) is 10.8 Å². The molecule has 4 aromatic rings. The Hall–Kier alpha value is -3.99.